The minimum Gasteiger partial charge on any atom is -0.392 e. The van der Waals surface area contributed by atoms with Gasteiger partial charge in [-0.15, -0.1) is 0 Å². The van der Waals surface area contributed by atoms with E-state index in [-0.39, 0.29) is 19.1 Å². The third-order valence-corrected chi connectivity index (χ3v) is 2.92. The number of hydrogen-bond donors (Lipinski definition) is 3. The van der Waals surface area contributed by atoms with Gasteiger partial charge in [-0.2, -0.15) is 0 Å². The van der Waals surface area contributed by atoms with Crippen molar-refractivity contribution >= 4 is 16.7 Å². The summed E-state index contributed by atoms with van der Waals surface area (Å²) in [6.07, 6.45) is 0. The Kier molecular flexibility index (Phi) is 3.45. The number of aromatic nitrogens is 2. The monoisotopic (exact) mass is 247 g/mol. The Hall–Kier alpha value is -1.72. The maximum absolute atomic E-state index is 9.27. The molecule has 18 heavy (non-hydrogen) atoms. The van der Waals surface area contributed by atoms with Crippen molar-refractivity contribution in [1.82, 2.24) is 9.97 Å². The summed E-state index contributed by atoms with van der Waals surface area (Å²) >= 11 is 0. The number of rotatable bonds is 3. The standard InChI is InChI=1S/C13H17N3O2/c1-7(2)13-15-11-4-9(6-18)8(5-17)3-10(11)12(14)16-13/h3-4,7,17-18H,5-6H2,1-2H3,(H2,14,15,16). The molecule has 0 radical (unpaired) electrons. The van der Waals surface area contributed by atoms with Crippen LogP contribution in [0.25, 0.3) is 10.9 Å². The first kappa shape index (κ1) is 12.7. The molecule has 0 aliphatic heterocycles. The topological polar surface area (TPSA) is 92.3 Å². The van der Waals surface area contributed by atoms with Crippen molar-refractivity contribution in [3.8, 4) is 0 Å². The highest BCUT2D eigenvalue weighted by Gasteiger charge is 2.11. The zero-order chi connectivity index (χ0) is 13.3. The molecule has 2 aromatic rings. The van der Waals surface area contributed by atoms with Crippen LogP contribution in [0, 0.1) is 0 Å². The van der Waals surface area contributed by atoms with E-state index in [1.807, 2.05) is 13.8 Å². The maximum atomic E-state index is 9.27. The molecular weight excluding hydrogens is 230 g/mol. The van der Waals surface area contributed by atoms with Crippen LogP contribution in [0.5, 0.6) is 0 Å². The zero-order valence-electron chi connectivity index (χ0n) is 10.5. The fourth-order valence-corrected chi connectivity index (χ4v) is 1.86. The molecule has 0 atom stereocenters. The van der Waals surface area contributed by atoms with Gasteiger partial charge in [0, 0.05) is 11.3 Å². The van der Waals surface area contributed by atoms with E-state index in [0.717, 1.165) is 0 Å². The number of benzene rings is 1. The number of aliphatic hydroxyl groups is 2. The van der Waals surface area contributed by atoms with Crippen LogP contribution in [0.1, 0.15) is 36.7 Å². The predicted octanol–water partition coefficient (Wildman–Crippen LogP) is 1.32. The Bertz CT molecular complexity index is 582. The first-order chi connectivity index (χ1) is 8.56. The van der Waals surface area contributed by atoms with Gasteiger partial charge in [0.05, 0.1) is 18.7 Å². The molecule has 0 bridgehead atoms. The van der Waals surface area contributed by atoms with Gasteiger partial charge < -0.3 is 15.9 Å². The lowest BCUT2D eigenvalue weighted by atomic mass is 10.0. The Labute approximate surface area is 105 Å². The lowest BCUT2D eigenvalue weighted by molar-refractivity contribution is 0.260. The number of nitrogen functional groups attached to an aromatic ring is 1. The van der Waals surface area contributed by atoms with Crippen LogP contribution in [0.2, 0.25) is 0 Å². The second kappa shape index (κ2) is 4.88. The fraction of sp³-hybridized carbons (Fsp3) is 0.385. The summed E-state index contributed by atoms with van der Waals surface area (Å²) in [4.78, 5) is 8.69. The highest BCUT2D eigenvalue weighted by atomic mass is 16.3. The van der Waals surface area contributed by atoms with Crippen molar-refractivity contribution < 1.29 is 10.2 Å². The van der Waals surface area contributed by atoms with Crippen LogP contribution >= 0.6 is 0 Å². The molecule has 0 fully saturated rings. The van der Waals surface area contributed by atoms with Crippen LogP contribution in [0.15, 0.2) is 12.1 Å². The summed E-state index contributed by atoms with van der Waals surface area (Å²) in [6, 6.07) is 3.49. The third kappa shape index (κ3) is 2.14. The quantitative estimate of drug-likeness (QED) is 0.760. The Balaban J connectivity index is 2.72. The van der Waals surface area contributed by atoms with E-state index >= 15 is 0 Å². The van der Waals surface area contributed by atoms with Crippen LogP contribution in [0.3, 0.4) is 0 Å². The first-order valence-corrected chi connectivity index (χ1v) is 5.87. The normalized spacial score (nSPS) is 11.4. The molecule has 1 aromatic carbocycles. The van der Waals surface area contributed by atoms with E-state index in [9.17, 15) is 10.2 Å². The van der Waals surface area contributed by atoms with E-state index < -0.39 is 0 Å². The van der Waals surface area contributed by atoms with Crippen molar-refractivity contribution in [3.05, 3.63) is 29.1 Å². The SMILES string of the molecule is CC(C)c1nc(N)c2cc(CO)c(CO)cc2n1. The van der Waals surface area contributed by atoms with E-state index in [1.165, 1.54) is 0 Å². The van der Waals surface area contributed by atoms with Crippen molar-refractivity contribution in [2.45, 2.75) is 33.0 Å². The number of nitrogens with two attached hydrogens (primary N) is 1. The molecule has 1 heterocycles. The minimum atomic E-state index is -0.142. The molecule has 5 heteroatoms. The lowest BCUT2D eigenvalue weighted by Crippen LogP contribution is -2.04. The average molecular weight is 247 g/mol. The average Bonchev–Trinajstić information content (AvgIpc) is 2.36. The summed E-state index contributed by atoms with van der Waals surface area (Å²) < 4.78 is 0. The van der Waals surface area contributed by atoms with E-state index in [1.54, 1.807) is 12.1 Å². The van der Waals surface area contributed by atoms with E-state index in [4.69, 9.17) is 5.73 Å². The first-order valence-electron chi connectivity index (χ1n) is 5.87. The van der Waals surface area contributed by atoms with Crippen LogP contribution in [-0.2, 0) is 13.2 Å². The molecule has 5 nitrogen and oxygen atoms in total. The molecule has 4 N–H and O–H groups in total. The van der Waals surface area contributed by atoms with Crippen LogP contribution in [-0.4, -0.2) is 20.2 Å². The summed E-state index contributed by atoms with van der Waals surface area (Å²) in [5.74, 6) is 1.27. The summed E-state index contributed by atoms with van der Waals surface area (Å²) in [6.45, 7) is 3.72. The highest BCUT2D eigenvalue weighted by Crippen LogP contribution is 2.24. The zero-order valence-corrected chi connectivity index (χ0v) is 10.5. The lowest BCUT2D eigenvalue weighted by Gasteiger charge is -2.11. The number of hydrogen-bond acceptors (Lipinski definition) is 5. The van der Waals surface area contributed by atoms with E-state index in [2.05, 4.69) is 9.97 Å². The fourth-order valence-electron chi connectivity index (χ4n) is 1.86. The van der Waals surface area contributed by atoms with Gasteiger partial charge in [0.25, 0.3) is 0 Å². The van der Waals surface area contributed by atoms with Crippen LogP contribution < -0.4 is 5.73 Å². The molecule has 1 aromatic heterocycles. The summed E-state index contributed by atoms with van der Waals surface area (Å²) in [5.41, 5.74) is 7.93. The van der Waals surface area contributed by atoms with Gasteiger partial charge in [-0.25, -0.2) is 9.97 Å². The second-order valence-corrected chi connectivity index (χ2v) is 4.58. The number of fused-ring (bicyclic) bond motifs is 1. The Morgan fingerprint density at radius 1 is 1.11 bits per heavy atom. The van der Waals surface area contributed by atoms with E-state index in [0.29, 0.717) is 33.7 Å². The molecule has 0 saturated carbocycles. The number of anilines is 1. The van der Waals surface area contributed by atoms with Crippen LogP contribution in [0.4, 0.5) is 5.82 Å². The molecular formula is C13H17N3O2. The minimum absolute atomic E-state index is 0.132. The molecule has 0 saturated heterocycles. The van der Waals surface area contributed by atoms with Crippen molar-refractivity contribution in [1.29, 1.82) is 0 Å². The van der Waals surface area contributed by atoms with Gasteiger partial charge in [0.1, 0.15) is 11.6 Å². The van der Waals surface area contributed by atoms with Crippen molar-refractivity contribution in [2.24, 2.45) is 0 Å². The third-order valence-electron chi connectivity index (χ3n) is 2.92. The molecule has 0 amide bonds. The van der Waals surface area contributed by atoms with Gasteiger partial charge in [-0.3, -0.25) is 0 Å². The predicted molar refractivity (Wildman–Crippen MR) is 69.9 cm³/mol. The summed E-state index contributed by atoms with van der Waals surface area (Å²) in [7, 11) is 0. The Morgan fingerprint density at radius 3 is 2.28 bits per heavy atom. The van der Waals surface area contributed by atoms with Crippen molar-refractivity contribution in [3.63, 3.8) is 0 Å². The number of aliphatic hydroxyl groups excluding tert-OH is 2. The Morgan fingerprint density at radius 2 is 1.72 bits per heavy atom. The van der Waals surface area contributed by atoms with Gasteiger partial charge in [-0.05, 0) is 23.3 Å². The number of nitrogens with zero attached hydrogens (tertiary/aromatic N) is 2. The summed E-state index contributed by atoms with van der Waals surface area (Å²) in [5, 5.41) is 19.2. The van der Waals surface area contributed by atoms with Gasteiger partial charge in [0.15, 0.2) is 0 Å². The maximum Gasteiger partial charge on any atom is 0.135 e. The largest absolute Gasteiger partial charge is 0.392 e. The molecule has 0 aliphatic rings. The van der Waals surface area contributed by atoms with Gasteiger partial charge in [0.2, 0.25) is 0 Å². The van der Waals surface area contributed by atoms with Gasteiger partial charge in [-0.1, -0.05) is 13.8 Å². The second-order valence-electron chi connectivity index (χ2n) is 4.58. The molecule has 0 unspecified atom stereocenters. The molecule has 0 aliphatic carbocycles. The highest BCUT2D eigenvalue weighted by molar-refractivity contribution is 5.89. The van der Waals surface area contributed by atoms with Gasteiger partial charge >= 0.3 is 0 Å². The smallest absolute Gasteiger partial charge is 0.135 e. The van der Waals surface area contributed by atoms with Crippen molar-refractivity contribution in [2.75, 3.05) is 5.73 Å². The molecule has 0 spiro atoms. The molecule has 96 valence electrons. The molecule has 2 rings (SSSR count).